The Balaban J connectivity index is 1.29. The molecule has 0 unspecified atom stereocenters. The molecule has 41 heavy (non-hydrogen) atoms. The fourth-order valence-corrected chi connectivity index (χ4v) is 5.24. The minimum atomic E-state index is -0.519. The number of benzene rings is 3. The van der Waals surface area contributed by atoms with E-state index in [4.69, 9.17) is 18.6 Å². The van der Waals surface area contributed by atoms with Crippen LogP contribution in [0.25, 0.3) is 22.1 Å². The van der Waals surface area contributed by atoms with Crippen molar-refractivity contribution in [1.82, 2.24) is 0 Å². The van der Waals surface area contributed by atoms with E-state index in [1.54, 1.807) is 25.1 Å². The number of nitrogens with one attached hydrogen (secondary N) is 1. The van der Waals surface area contributed by atoms with E-state index in [0.717, 1.165) is 17.5 Å². The van der Waals surface area contributed by atoms with E-state index >= 15 is 0 Å². The van der Waals surface area contributed by atoms with Gasteiger partial charge < -0.3 is 23.9 Å². The lowest BCUT2D eigenvalue weighted by Crippen LogP contribution is -2.21. The molecule has 2 heterocycles. The lowest BCUT2D eigenvalue weighted by molar-refractivity contribution is -0.118. The van der Waals surface area contributed by atoms with Crippen LogP contribution in [0.1, 0.15) is 29.8 Å². The van der Waals surface area contributed by atoms with E-state index < -0.39 is 11.9 Å². The number of amides is 1. The molecule has 0 fully saturated rings. The maximum atomic E-state index is 13.0. The highest BCUT2D eigenvalue weighted by atomic mass is 32.1. The quantitative estimate of drug-likeness (QED) is 0.179. The molecule has 3 aromatic carbocycles. The number of hydrogen-bond acceptors (Lipinski definition) is 8. The summed E-state index contributed by atoms with van der Waals surface area (Å²) in [6, 6.07) is 21.6. The van der Waals surface area contributed by atoms with E-state index in [2.05, 4.69) is 5.32 Å². The summed E-state index contributed by atoms with van der Waals surface area (Å²) in [4.78, 5) is 38.6. The maximum absolute atomic E-state index is 13.0. The van der Waals surface area contributed by atoms with Gasteiger partial charge in [-0.3, -0.25) is 9.59 Å². The van der Waals surface area contributed by atoms with Crippen molar-refractivity contribution in [3.63, 3.8) is 0 Å². The van der Waals surface area contributed by atoms with Crippen LogP contribution in [0.4, 0.5) is 5.00 Å². The van der Waals surface area contributed by atoms with Crippen LogP contribution in [0.15, 0.2) is 93.7 Å². The normalized spacial score (nSPS) is 10.8. The van der Waals surface area contributed by atoms with Gasteiger partial charge >= 0.3 is 5.97 Å². The van der Waals surface area contributed by atoms with E-state index in [1.807, 2.05) is 60.8 Å². The third kappa shape index (κ3) is 6.15. The average molecular weight is 570 g/mol. The Hall–Kier alpha value is -4.89. The maximum Gasteiger partial charge on any atom is 0.341 e. The van der Waals surface area contributed by atoms with Gasteiger partial charge in [0.25, 0.3) is 5.91 Å². The summed E-state index contributed by atoms with van der Waals surface area (Å²) in [5, 5.41) is 5.26. The van der Waals surface area contributed by atoms with Crippen LogP contribution in [0.3, 0.4) is 0 Å². The van der Waals surface area contributed by atoms with Crippen molar-refractivity contribution in [3.8, 4) is 28.4 Å². The number of carbonyl (C=O) groups excluding carboxylic acids is 2. The monoisotopic (exact) mass is 569 g/mol. The SMILES string of the molecule is CCOC(=O)c1c(-c2ccccc2)csc1NC(=O)COc1ccc2c(=O)c(Oc3ccccc3CC)coc2c1. The molecule has 2 aromatic heterocycles. The summed E-state index contributed by atoms with van der Waals surface area (Å²) in [6.45, 7) is 3.61. The standard InChI is InChI=1S/C32H27NO7S/c1-3-20-10-8-9-13-25(20)40-27-17-39-26-16-22(14-15-23(26)30(27)35)38-18-28(34)33-31-29(32(36)37-4-2)24(19-41-31)21-11-6-5-7-12-21/h5-17,19H,3-4,18H2,1-2H3,(H,33,34). The molecular weight excluding hydrogens is 542 g/mol. The molecular formula is C32H27NO7S. The number of rotatable bonds is 10. The van der Waals surface area contributed by atoms with Crippen LogP contribution in [0.5, 0.6) is 17.2 Å². The van der Waals surface area contributed by atoms with Crippen LogP contribution in [-0.4, -0.2) is 25.1 Å². The highest BCUT2D eigenvalue weighted by molar-refractivity contribution is 7.15. The van der Waals surface area contributed by atoms with Gasteiger partial charge in [0.1, 0.15) is 33.9 Å². The highest BCUT2D eigenvalue weighted by Gasteiger charge is 2.23. The Morgan fingerprint density at radius 3 is 2.51 bits per heavy atom. The van der Waals surface area contributed by atoms with Crippen LogP contribution >= 0.6 is 11.3 Å². The third-order valence-electron chi connectivity index (χ3n) is 6.27. The molecule has 0 aliphatic heterocycles. The number of carbonyl (C=O) groups is 2. The van der Waals surface area contributed by atoms with Crippen LogP contribution in [0.2, 0.25) is 0 Å². The third-order valence-corrected chi connectivity index (χ3v) is 7.16. The number of para-hydroxylation sites is 1. The zero-order valence-electron chi connectivity index (χ0n) is 22.5. The number of anilines is 1. The van der Waals surface area contributed by atoms with Gasteiger partial charge in [-0.25, -0.2) is 4.79 Å². The van der Waals surface area contributed by atoms with Crippen molar-refractivity contribution in [1.29, 1.82) is 0 Å². The van der Waals surface area contributed by atoms with Gasteiger partial charge in [-0.1, -0.05) is 55.5 Å². The molecule has 0 aliphatic carbocycles. The molecule has 9 heteroatoms. The van der Waals surface area contributed by atoms with Gasteiger partial charge in [-0.05, 0) is 42.7 Å². The number of esters is 1. The predicted octanol–water partition coefficient (Wildman–Crippen LogP) is 7.07. The molecule has 0 atom stereocenters. The molecule has 0 spiro atoms. The molecule has 5 aromatic rings. The van der Waals surface area contributed by atoms with E-state index in [9.17, 15) is 14.4 Å². The van der Waals surface area contributed by atoms with Gasteiger partial charge in [0.05, 0.1) is 12.0 Å². The van der Waals surface area contributed by atoms with Crippen molar-refractivity contribution < 1.29 is 28.2 Å². The Kier molecular flexibility index (Phi) is 8.45. The first kappa shape index (κ1) is 27.7. The molecule has 0 radical (unpaired) electrons. The van der Waals surface area contributed by atoms with Gasteiger partial charge in [0.2, 0.25) is 11.2 Å². The predicted molar refractivity (Wildman–Crippen MR) is 158 cm³/mol. The Labute approximate surface area is 240 Å². The molecule has 0 saturated heterocycles. The second-order valence-corrected chi connectivity index (χ2v) is 9.81. The molecule has 0 saturated carbocycles. The largest absolute Gasteiger partial charge is 0.484 e. The molecule has 0 aliphatic rings. The number of thiophene rings is 1. The summed E-state index contributed by atoms with van der Waals surface area (Å²) in [6.07, 6.45) is 2.03. The molecule has 0 bridgehead atoms. The van der Waals surface area contributed by atoms with Crippen molar-refractivity contribution in [2.45, 2.75) is 20.3 Å². The number of aryl methyl sites for hydroxylation is 1. The topological polar surface area (TPSA) is 104 Å². The van der Waals surface area contributed by atoms with Crippen molar-refractivity contribution >= 4 is 39.2 Å². The summed E-state index contributed by atoms with van der Waals surface area (Å²) in [5.74, 6) is 0.0319. The summed E-state index contributed by atoms with van der Waals surface area (Å²) < 4.78 is 22.4. The zero-order chi connectivity index (χ0) is 28.8. The van der Waals surface area contributed by atoms with Crippen LogP contribution in [-0.2, 0) is 16.0 Å². The van der Waals surface area contributed by atoms with E-state index in [1.165, 1.54) is 23.7 Å². The van der Waals surface area contributed by atoms with E-state index in [-0.39, 0.29) is 24.4 Å². The zero-order valence-corrected chi connectivity index (χ0v) is 23.3. The fourth-order valence-electron chi connectivity index (χ4n) is 4.26. The highest BCUT2D eigenvalue weighted by Crippen LogP contribution is 2.36. The van der Waals surface area contributed by atoms with Gasteiger partial charge in [-0.15, -0.1) is 11.3 Å². The minimum Gasteiger partial charge on any atom is -0.484 e. The molecule has 5 rings (SSSR count). The van der Waals surface area contributed by atoms with Crippen molar-refractivity contribution in [3.05, 3.63) is 106 Å². The van der Waals surface area contributed by atoms with Crippen LogP contribution < -0.4 is 20.2 Å². The van der Waals surface area contributed by atoms with Crippen molar-refractivity contribution in [2.24, 2.45) is 0 Å². The van der Waals surface area contributed by atoms with Gasteiger partial charge in [0, 0.05) is 17.0 Å². The first-order chi connectivity index (χ1) is 20.0. The Bertz CT molecular complexity index is 1760. The van der Waals surface area contributed by atoms with Crippen molar-refractivity contribution in [2.75, 3.05) is 18.5 Å². The molecule has 1 amide bonds. The second kappa shape index (κ2) is 12.5. The number of ether oxygens (including phenoxy) is 3. The summed E-state index contributed by atoms with van der Waals surface area (Å²) in [5.41, 5.74) is 2.76. The average Bonchev–Trinajstić information content (AvgIpc) is 3.41. The Morgan fingerprint density at radius 1 is 0.951 bits per heavy atom. The smallest absolute Gasteiger partial charge is 0.341 e. The lowest BCUT2D eigenvalue weighted by atomic mass is 10.0. The summed E-state index contributed by atoms with van der Waals surface area (Å²) in [7, 11) is 0. The van der Waals surface area contributed by atoms with Gasteiger partial charge in [0.15, 0.2) is 6.61 Å². The molecule has 1 N–H and O–H groups in total. The number of fused-ring (bicyclic) bond motifs is 1. The van der Waals surface area contributed by atoms with E-state index in [0.29, 0.717) is 38.6 Å². The second-order valence-electron chi connectivity index (χ2n) is 8.93. The first-order valence-corrected chi connectivity index (χ1v) is 13.9. The minimum absolute atomic E-state index is 0.0784. The lowest BCUT2D eigenvalue weighted by Gasteiger charge is -2.11. The van der Waals surface area contributed by atoms with Gasteiger partial charge in [-0.2, -0.15) is 0 Å². The van der Waals surface area contributed by atoms with Crippen LogP contribution in [0, 0.1) is 0 Å². The number of hydrogen-bond donors (Lipinski definition) is 1. The summed E-state index contributed by atoms with van der Waals surface area (Å²) >= 11 is 1.23. The first-order valence-electron chi connectivity index (χ1n) is 13.1. The molecule has 208 valence electrons. The molecule has 8 nitrogen and oxygen atoms in total. The Morgan fingerprint density at radius 2 is 1.73 bits per heavy atom. The fraction of sp³-hybridized carbons (Fsp3) is 0.156.